The van der Waals surface area contributed by atoms with Crippen LogP contribution in [0, 0.1) is 0 Å². The van der Waals surface area contributed by atoms with E-state index in [1.165, 1.54) is 0 Å². The van der Waals surface area contributed by atoms with Crippen molar-refractivity contribution in [2.75, 3.05) is 0 Å². The maximum atomic E-state index is 11.7. The molecule has 0 saturated carbocycles. The quantitative estimate of drug-likeness (QED) is 0.231. The fourth-order valence-electron chi connectivity index (χ4n) is 5.00. The van der Waals surface area contributed by atoms with E-state index in [1.54, 1.807) is 0 Å². The average Bonchev–Trinajstić information content (AvgIpc) is 3.39. The van der Waals surface area contributed by atoms with Crippen molar-refractivity contribution < 1.29 is 29.2 Å². The van der Waals surface area contributed by atoms with Crippen LogP contribution >= 0.6 is 0 Å². The third kappa shape index (κ3) is 7.64. The minimum Gasteiger partial charge on any atom is -0.386 e. The van der Waals surface area contributed by atoms with Crippen LogP contribution in [-0.4, -0.2) is 40.9 Å². The highest BCUT2D eigenvalue weighted by Gasteiger charge is 2.46. The van der Waals surface area contributed by atoms with Crippen molar-refractivity contribution in [3.05, 3.63) is 144 Å². The predicted octanol–water partition coefficient (Wildman–Crippen LogP) is 5.58. The molecule has 208 valence electrons. The monoisotopic (exact) mass is 540 g/mol. The molecule has 6 atom stereocenters. The number of aliphatic hydroxyl groups is 2. The Morgan fingerprint density at radius 2 is 1.12 bits per heavy atom. The highest BCUT2D eigenvalue weighted by molar-refractivity contribution is 5.20. The molecule has 1 fully saturated rings. The van der Waals surface area contributed by atoms with Crippen molar-refractivity contribution in [3.8, 4) is 0 Å². The summed E-state index contributed by atoms with van der Waals surface area (Å²) < 4.78 is 25.3. The standard InChI is InChI=1S/C34H36O6/c35-30-21-29(37-22-25-13-5-1-6-14-25)32(40-30)34(39-24-27-17-9-3-10-18-27)33(31(36)28-19-11-4-12-20-28)38-23-26-15-7-2-8-16-26/h1-20,29-36H,21-24H2/t29-,30?,31-,32+,33-,34-/m1/s1. The second-order valence-electron chi connectivity index (χ2n) is 10.0. The summed E-state index contributed by atoms with van der Waals surface area (Å²) in [6.07, 6.45) is -4.46. The fourth-order valence-corrected chi connectivity index (χ4v) is 5.00. The molecule has 1 aliphatic rings. The van der Waals surface area contributed by atoms with Crippen LogP contribution < -0.4 is 0 Å². The SMILES string of the molecule is OC1C[C@@H](OCc2ccccc2)[C@@H]([C@@H](OCc2ccccc2)[C@H](OCc2ccccc2)[C@H](O)c2ccccc2)O1. The van der Waals surface area contributed by atoms with Crippen LogP contribution in [0.1, 0.15) is 34.8 Å². The van der Waals surface area contributed by atoms with E-state index in [-0.39, 0.29) is 19.6 Å². The Morgan fingerprint density at radius 3 is 1.68 bits per heavy atom. The molecule has 0 radical (unpaired) electrons. The number of hydrogen-bond acceptors (Lipinski definition) is 6. The van der Waals surface area contributed by atoms with Crippen molar-refractivity contribution in [2.24, 2.45) is 0 Å². The van der Waals surface area contributed by atoms with E-state index in [1.807, 2.05) is 121 Å². The predicted molar refractivity (Wildman–Crippen MR) is 152 cm³/mol. The summed E-state index contributed by atoms with van der Waals surface area (Å²) in [6, 6.07) is 38.9. The summed E-state index contributed by atoms with van der Waals surface area (Å²) in [5.74, 6) is 0. The normalized spacial score (nSPS) is 21.1. The van der Waals surface area contributed by atoms with Gasteiger partial charge >= 0.3 is 0 Å². The van der Waals surface area contributed by atoms with Gasteiger partial charge in [0.05, 0.1) is 25.9 Å². The molecule has 4 aromatic carbocycles. The zero-order chi connectivity index (χ0) is 27.6. The van der Waals surface area contributed by atoms with Gasteiger partial charge in [0.15, 0.2) is 6.29 Å². The van der Waals surface area contributed by atoms with E-state index in [4.69, 9.17) is 18.9 Å². The lowest BCUT2D eigenvalue weighted by molar-refractivity contribution is -0.206. The van der Waals surface area contributed by atoms with Gasteiger partial charge in [-0.2, -0.15) is 0 Å². The zero-order valence-corrected chi connectivity index (χ0v) is 22.4. The summed E-state index contributed by atoms with van der Waals surface area (Å²) in [6.45, 7) is 0.908. The minimum absolute atomic E-state index is 0.269. The van der Waals surface area contributed by atoms with Crippen LogP contribution in [0.2, 0.25) is 0 Å². The summed E-state index contributed by atoms with van der Waals surface area (Å²) >= 11 is 0. The molecule has 1 unspecified atom stereocenters. The number of benzene rings is 4. The first kappa shape index (κ1) is 28.2. The van der Waals surface area contributed by atoms with Crippen molar-refractivity contribution >= 4 is 0 Å². The van der Waals surface area contributed by atoms with E-state index >= 15 is 0 Å². The Labute approximate surface area is 235 Å². The highest BCUT2D eigenvalue weighted by Crippen LogP contribution is 2.34. The van der Waals surface area contributed by atoms with Crippen molar-refractivity contribution in [1.82, 2.24) is 0 Å². The summed E-state index contributed by atoms with van der Waals surface area (Å²) in [4.78, 5) is 0. The van der Waals surface area contributed by atoms with Gasteiger partial charge in [-0.15, -0.1) is 0 Å². The van der Waals surface area contributed by atoms with Crippen LogP contribution in [0.5, 0.6) is 0 Å². The first-order chi connectivity index (χ1) is 19.7. The van der Waals surface area contributed by atoms with Gasteiger partial charge in [-0.3, -0.25) is 0 Å². The van der Waals surface area contributed by atoms with Crippen LogP contribution in [-0.2, 0) is 38.8 Å². The van der Waals surface area contributed by atoms with Gasteiger partial charge in [0.25, 0.3) is 0 Å². The molecule has 2 N–H and O–H groups in total. The second kappa shape index (κ2) is 14.3. The lowest BCUT2D eigenvalue weighted by atomic mass is 9.94. The van der Waals surface area contributed by atoms with E-state index in [9.17, 15) is 10.2 Å². The Balaban J connectivity index is 1.44. The molecule has 40 heavy (non-hydrogen) atoms. The van der Waals surface area contributed by atoms with E-state index < -0.39 is 36.8 Å². The largest absolute Gasteiger partial charge is 0.386 e. The Kier molecular flexibility index (Phi) is 10.1. The molecule has 0 aliphatic carbocycles. The van der Waals surface area contributed by atoms with Crippen LogP contribution in [0.3, 0.4) is 0 Å². The smallest absolute Gasteiger partial charge is 0.157 e. The lowest BCUT2D eigenvalue weighted by Crippen LogP contribution is -2.49. The molecule has 0 bridgehead atoms. The minimum atomic E-state index is -1.02. The maximum absolute atomic E-state index is 11.7. The molecule has 1 heterocycles. The van der Waals surface area contributed by atoms with E-state index in [2.05, 4.69) is 0 Å². The van der Waals surface area contributed by atoms with Crippen molar-refractivity contribution in [1.29, 1.82) is 0 Å². The summed E-state index contributed by atoms with van der Waals surface area (Å²) in [7, 11) is 0. The molecule has 6 heteroatoms. The molecule has 4 aromatic rings. The van der Waals surface area contributed by atoms with Gasteiger partial charge in [0, 0.05) is 6.42 Å². The molecule has 0 aromatic heterocycles. The Morgan fingerprint density at radius 1 is 0.650 bits per heavy atom. The number of hydrogen-bond donors (Lipinski definition) is 2. The number of rotatable bonds is 13. The first-order valence-electron chi connectivity index (χ1n) is 13.7. The maximum Gasteiger partial charge on any atom is 0.157 e. The summed E-state index contributed by atoms with van der Waals surface area (Å²) in [5, 5.41) is 22.3. The van der Waals surface area contributed by atoms with Crippen LogP contribution in [0.15, 0.2) is 121 Å². The lowest BCUT2D eigenvalue weighted by Gasteiger charge is -2.36. The van der Waals surface area contributed by atoms with Gasteiger partial charge in [0.1, 0.15) is 24.4 Å². The Bertz CT molecular complexity index is 1250. The molecule has 1 saturated heterocycles. The van der Waals surface area contributed by atoms with Gasteiger partial charge in [-0.05, 0) is 22.3 Å². The Hall–Kier alpha value is -3.36. The third-order valence-electron chi connectivity index (χ3n) is 7.09. The van der Waals surface area contributed by atoms with Crippen LogP contribution in [0.25, 0.3) is 0 Å². The molecule has 0 amide bonds. The second-order valence-corrected chi connectivity index (χ2v) is 10.0. The topological polar surface area (TPSA) is 77.4 Å². The van der Waals surface area contributed by atoms with Gasteiger partial charge in [-0.1, -0.05) is 121 Å². The zero-order valence-electron chi connectivity index (χ0n) is 22.4. The molecule has 5 rings (SSSR count). The van der Waals surface area contributed by atoms with Gasteiger partial charge in [-0.25, -0.2) is 0 Å². The van der Waals surface area contributed by atoms with Crippen LogP contribution in [0.4, 0.5) is 0 Å². The first-order valence-corrected chi connectivity index (χ1v) is 13.7. The van der Waals surface area contributed by atoms with E-state index in [0.29, 0.717) is 12.2 Å². The molecule has 6 nitrogen and oxygen atoms in total. The molecule has 0 spiro atoms. The highest BCUT2D eigenvalue weighted by atomic mass is 16.7. The molecule has 1 aliphatic heterocycles. The van der Waals surface area contributed by atoms with Crippen molar-refractivity contribution in [2.45, 2.75) is 63.1 Å². The number of aliphatic hydroxyl groups excluding tert-OH is 2. The average molecular weight is 541 g/mol. The van der Waals surface area contributed by atoms with Crippen molar-refractivity contribution in [3.63, 3.8) is 0 Å². The van der Waals surface area contributed by atoms with Gasteiger partial charge < -0.3 is 29.2 Å². The van der Waals surface area contributed by atoms with Gasteiger partial charge in [0.2, 0.25) is 0 Å². The summed E-state index contributed by atoms with van der Waals surface area (Å²) in [5.41, 5.74) is 3.67. The van der Waals surface area contributed by atoms with E-state index in [0.717, 1.165) is 16.7 Å². The fraction of sp³-hybridized carbons (Fsp3) is 0.294. The molecular weight excluding hydrogens is 504 g/mol. The number of ether oxygens (including phenoxy) is 4. The molecular formula is C34H36O6. The third-order valence-corrected chi connectivity index (χ3v) is 7.09.